The second-order valence-electron chi connectivity index (χ2n) is 4.88. The van der Waals surface area contributed by atoms with Gasteiger partial charge in [-0.2, -0.15) is 0 Å². The van der Waals surface area contributed by atoms with E-state index in [2.05, 4.69) is 4.72 Å². The SMILES string of the molecule is Cc1c(F)cc(N)cc1S(=O)(=O)N[C@H](C)c1ccccc1. The van der Waals surface area contributed by atoms with Crippen molar-refractivity contribution in [2.75, 3.05) is 5.73 Å². The van der Waals surface area contributed by atoms with Crippen LogP contribution in [0, 0.1) is 12.7 Å². The van der Waals surface area contributed by atoms with Gasteiger partial charge in [-0.05, 0) is 31.5 Å². The fourth-order valence-electron chi connectivity index (χ4n) is 2.06. The summed E-state index contributed by atoms with van der Waals surface area (Å²) in [6, 6.07) is 11.1. The van der Waals surface area contributed by atoms with Crippen molar-refractivity contribution in [3.05, 3.63) is 59.4 Å². The highest BCUT2D eigenvalue weighted by molar-refractivity contribution is 7.89. The predicted molar refractivity (Wildman–Crippen MR) is 80.7 cm³/mol. The number of hydrogen-bond acceptors (Lipinski definition) is 3. The van der Waals surface area contributed by atoms with Crippen molar-refractivity contribution in [1.82, 2.24) is 4.72 Å². The Hall–Kier alpha value is -1.92. The van der Waals surface area contributed by atoms with Gasteiger partial charge >= 0.3 is 0 Å². The zero-order valence-electron chi connectivity index (χ0n) is 11.8. The maximum atomic E-state index is 13.7. The number of nitrogens with two attached hydrogens (primary N) is 1. The minimum atomic E-state index is -3.85. The summed E-state index contributed by atoms with van der Waals surface area (Å²) in [5.74, 6) is -0.636. The van der Waals surface area contributed by atoms with Crippen LogP contribution in [0.3, 0.4) is 0 Å². The number of sulfonamides is 1. The van der Waals surface area contributed by atoms with E-state index in [0.29, 0.717) is 0 Å². The molecule has 6 heteroatoms. The molecule has 0 heterocycles. The molecule has 0 aliphatic rings. The Bertz CT molecular complexity index is 746. The molecule has 0 aliphatic carbocycles. The van der Waals surface area contributed by atoms with E-state index in [4.69, 9.17) is 5.73 Å². The van der Waals surface area contributed by atoms with Gasteiger partial charge in [0.1, 0.15) is 5.82 Å². The Morgan fingerprint density at radius 1 is 1.19 bits per heavy atom. The Kier molecular flexibility index (Phi) is 4.29. The number of nitrogen functional groups attached to an aromatic ring is 1. The van der Waals surface area contributed by atoms with Crippen LogP contribution in [0.15, 0.2) is 47.4 Å². The fourth-order valence-corrected chi connectivity index (χ4v) is 3.58. The average Bonchev–Trinajstić information content (AvgIpc) is 2.43. The van der Waals surface area contributed by atoms with Crippen LogP contribution in [-0.4, -0.2) is 8.42 Å². The van der Waals surface area contributed by atoms with Gasteiger partial charge < -0.3 is 5.73 Å². The van der Waals surface area contributed by atoms with Crippen molar-refractivity contribution in [1.29, 1.82) is 0 Å². The van der Waals surface area contributed by atoms with Gasteiger partial charge in [0.2, 0.25) is 10.0 Å². The molecule has 0 radical (unpaired) electrons. The number of hydrogen-bond donors (Lipinski definition) is 2. The molecule has 1 atom stereocenters. The first-order valence-electron chi connectivity index (χ1n) is 6.44. The highest BCUT2D eigenvalue weighted by atomic mass is 32.2. The Labute approximate surface area is 123 Å². The van der Waals surface area contributed by atoms with Gasteiger partial charge in [-0.3, -0.25) is 0 Å². The summed E-state index contributed by atoms with van der Waals surface area (Å²) in [4.78, 5) is -0.136. The van der Waals surface area contributed by atoms with E-state index >= 15 is 0 Å². The van der Waals surface area contributed by atoms with Crippen molar-refractivity contribution < 1.29 is 12.8 Å². The van der Waals surface area contributed by atoms with Crippen LogP contribution in [0.2, 0.25) is 0 Å². The van der Waals surface area contributed by atoms with Crippen molar-refractivity contribution in [2.45, 2.75) is 24.8 Å². The lowest BCUT2D eigenvalue weighted by Crippen LogP contribution is -2.27. The third-order valence-electron chi connectivity index (χ3n) is 3.24. The predicted octanol–water partition coefficient (Wildman–Crippen LogP) is 2.76. The largest absolute Gasteiger partial charge is 0.399 e. The van der Waals surface area contributed by atoms with E-state index < -0.39 is 21.9 Å². The van der Waals surface area contributed by atoms with E-state index in [0.717, 1.165) is 11.6 Å². The monoisotopic (exact) mass is 308 g/mol. The Morgan fingerprint density at radius 3 is 2.43 bits per heavy atom. The van der Waals surface area contributed by atoms with Crippen molar-refractivity contribution >= 4 is 15.7 Å². The molecule has 2 rings (SSSR count). The molecule has 2 aromatic rings. The van der Waals surface area contributed by atoms with Crippen LogP contribution in [0.25, 0.3) is 0 Å². The van der Waals surface area contributed by atoms with E-state index in [1.54, 1.807) is 6.92 Å². The maximum Gasteiger partial charge on any atom is 0.241 e. The molecule has 0 amide bonds. The standard InChI is InChI=1S/C15H17FN2O2S/c1-10-14(16)8-13(17)9-15(10)21(19,20)18-11(2)12-6-4-3-5-7-12/h3-9,11,18H,17H2,1-2H3/t11-/m1/s1. The molecular weight excluding hydrogens is 291 g/mol. The lowest BCUT2D eigenvalue weighted by molar-refractivity contribution is 0.562. The molecule has 2 aromatic carbocycles. The van der Waals surface area contributed by atoms with Gasteiger partial charge in [0.05, 0.1) is 4.90 Å². The third-order valence-corrected chi connectivity index (χ3v) is 4.91. The lowest BCUT2D eigenvalue weighted by atomic mass is 10.1. The molecule has 112 valence electrons. The fraction of sp³-hybridized carbons (Fsp3) is 0.200. The quantitative estimate of drug-likeness (QED) is 0.853. The van der Waals surface area contributed by atoms with Crippen molar-refractivity contribution in [2.24, 2.45) is 0 Å². The van der Waals surface area contributed by atoms with Gasteiger partial charge in [-0.15, -0.1) is 0 Å². The number of anilines is 1. The molecule has 0 aliphatic heterocycles. The van der Waals surface area contributed by atoms with E-state index in [9.17, 15) is 12.8 Å². The van der Waals surface area contributed by atoms with Crippen LogP contribution < -0.4 is 10.5 Å². The van der Waals surface area contributed by atoms with Gasteiger partial charge in [-0.1, -0.05) is 30.3 Å². The summed E-state index contributed by atoms with van der Waals surface area (Å²) >= 11 is 0. The van der Waals surface area contributed by atoms with Gasteiger partial charge in [0, 0.05) is 17.3 Å². The molecule has 0 unspecified atom stereocenters. The summed E-state index contributed by atoms with van der Waals surface area (Å²) in [5, 5.41) is 0. The molecule has 0 spiro atoms. The first-order chi connectivity index (χ1) is 9.81. The molecule has 0 saturated carbocycles. The molecule has 0 bridgehead atoms. The topological polar surface area (TPSA) is 72.2 Å². The van der Waals surface area contributed by atoms with Crippen LogP contribution in [0.4, 0.5) is 10.1 Å². The Balaban J connectivity index is 2.35. The van der Waals surface area contributed by atoms with Gasteiger partial charge in [0.15, 0.2) is 0 Å². The Morgan fingerprint density at radius 2 is 1.81 bits per heavy atom. The van der Waals surface area contributed by atoms with E-state index in [-0.39, 0.29) is 16.1 Å². The molecule has 3 N–H and O–H groups in total. The summed E-state index contributed by atoms with van der Waals surface area (Å²) in [5.41, 5.74) is 6.48. The normalized spacial score (nSPS) is 13.1. The number of benzene rings is 2. The van der Waals surface area contributed by atoms with Crippen LogP contribution in [0.5, 0.6) is 0 Å². The second kappa shape index (κ2) is 5.83. The molecule has 4 nitrogen and oxygen atoms in total. The molecule has 21 heavy (non-hydrogen) atoms. The minimum absolute atomic E-state index is 0.0527. The summed E-state index contributed by atoms with van der Waals surface area (Å²) in [6.07, 6.45) is 0. The van der Waals surface area contributed by atoms with Gasteiger partial charge in [-0.25, -0.2) is 17.5 Å². The smallest absolute Gasteiger partial charge is 0.241 e. The zero-order chi connectivity index (χ0) is 15.6. The lowest BCUT2D eigenvalue weighted by Gasteiger charge is -2.16. The zero-order valence-corrected chi connectivity index (χ0v) is 12.6. The van der Waals surface area contributed by atoms with Crippen LogP contribution in [0.1, 0.15) is 24.1 Å². The van der Waals surface area contributed by atoms with Gasteiger partial charge in [0.25, 0.3) is 0 Å². The average molecular weight is 308 g/mol. The number of rotatable bonds is 4. The van der Waals surface area contributed by atoms with E-state index in [1.165, 1.54) is 13.0 Å². The number of halogens is 1. The molecule has 0 aromatic heterocycles. The second-order valence-corrected chi connectivity index (χ2v) is 6.56. The van der Waals surface area contributed by atoms with Crippen molar-refractivity contribution in [3.63, 3.8) is 0 Å². The highest BCUT2D eigenvalue weighted by Gasteiger charge is 2.22. The minimum Gasteiger partial charge on any atom is -0.399 e. The highest BCUT2D eigenvalue weighted by Crippen LogP contribution is 2.23. The van der Waals surface area contributed by atoms with Crippen LogP contribution >= 0.6 is 0 Å². The number of nitrogens with one attached hydrogen (secondary N) is 1. The first kappa shape index (κ1) is 15.5. The first-order valence-corrected chi connectivity index (χ1v) is 7.92. The summed E-state index contributed by atoms with van der Waals surface area (Å²) in [7, 11) is -3.85. The molecule has 0 fully saturated rings. The van der Waals surface area contributed by atoms with Crippen LogP contribution in [-0.2, 0) is 10.0 Å². The molecular formula is C15H17FN2O2S. The van der Waals surface area contributed by atoms with E-state index in [1.807, 2.05) is 30.3 Å². The third kappa shape index (κ3) is 3.40. The molecule has 0 saturated heterocycles. The summed E-state index contributed by atoms with van der Waals surface area (Å²) < 4.78 is 41.0. The maximum absolute atomic E-state index is 13.7. The summed E-state index contributed by atoms with van der Waals surface area (Å²) in [6.45, 7) is 3.14. The van der Waals surface area contributed by atoms with Crippen molar-refractivity contribution in [3.8, 4) is 0 Å².